The van der Waals surface area contributed by atoms with E-state index in [0.29, 0.717) is 0 Å². The first kappa shape index (κ1) is 13.5. The molecule has 4 rings (SSSR count). The van der Waals surface area contributed by atoms with Crippen LogP contribution in [0.2, 0.25) is 0 Å². The van der Waals surface area contributed by atoms with E-state index < -0.39 is 0 Å². The third kappa shape index (κ3) is 2.32. The lowest BCUT2D eigenvalue weighted by Crippen LogP contribution is -2.40. The van der Waals surface area contributed by atoms with Crippen molar-refractivity contribution < 1.29 is 4.79 Å². The Morgan fingerprint density at radius 3 is 2.68 bits per heavy atom. The van der Waals surface area contributed by atoms with Crippen molar-refractivity contribution in [1.82, 2.24) is 10.2 Å². The lowest BCUT2D eigenvalue weighted by atomic mass is 9.97. The van der Waals surface area contributed by atoms with Crippen LogP contribution in [0, 0.1) is 0 Å². The standard InChI is InChI=1S/C19H20N2O/c22-19(18-10-5-11-20-18)21-12-15-8-4-9-16(17(15)13-21)14-6-2-1-3-7-14/h1-4,6-9,18,20H,5,10-13H2/t18-/m0/s1. The maximum atomic E-state index is 12.6. The quantitative estimate of drug-likeness (QED) is 0.923. The Hall–Kier alpha value is -2.13. The molecule has 0 saturated carbocycles. The molecule has 112 valence electrons. The fourth-order valence-corrected chi connectivity index (χ4v) is 3.58. The van der Waals surface area contributed by atoms with Crippen LogP contribution < -0.4 is 5.32 Å². The average molecular weight is 292 g/mol. The number of fused-ring (bicyclic) bond motifs is 1. The Labute approximate surface area is 131 Å². The SMILES string of the molecule is O=C([C@@H]1CCCN1)N1Cc2cccc(-c3ccccc3)c2C1. The highest BCUT2D eigenvalue weighted by molar-refractivity contribution is 5.83. The summed E-state index contributed by atoms with van der Waals surface area (Å²) in [5, 5.41) is 3.32. The van der Waals surface area contributed by atoms with Gasteiger partial charge in [-0.15, -0.1) is 0 Å². The zero-order valence-corrected chi connectivity index (χ0v) is 12.6. The molecule has 1 amide bonds. The van der Waals surface area contributed by atoms with Crippen molar-refractivity contribution in [3.8, 4) is 11.1 Å². The Balaban J connectivity index is 1.62. The van der Waals surface area contributed by atoms with E-state index in [9.17, 15) is 4.79 Å². The summed E-state index contributed by atoms with van der Waals surface area (Å²) in [7, 11) is 0. The summed E-state index contributed by atoms with van der Waals surface area (Å²) >= 11 is 0. The molecule has 2 aromatic rings. The molecule has 1 saturated heterocycles. The summed E-state index contributed by atoms with van der Waals surface area (Å²) in [6, 6.07) is 16.9. The summed E-state index contributed by atoms with van der Waals surface area (Å²) in [4.78, 5) is 14.6. The molecule has 2 aliphatic heterocycles. The van der Waals surface area contributed by atoms with E-state index in [4.69, 9.17) is 0 Å². The molecule has 1 atom stereocenters. The number of benzene rings is 2. The number of nitrogens with zero attached hydrogens (tertiary/aromatic N) is 1. The summed E-state index contributed by atoms with van der Waals surface area (Å²) in [6.45, 7) is 2.44. The van der Waals surface area contributed by atoms with Gasteiger partial charge in [-0.2, -0.15) is 0 Å². The van der Waals surface area contributed by atoms with Gasteiger partial charge < -0.3 is 10.2 Å². The van der Waals surface area contributed by atoms with Gasteiger partial charge in [-0.25, -0.2) is 0 Å². The van der Waals surface area contributed by atoms with E-state index >= 15 is 0 Å². The first-order valence-electron chi connectivity index (χ1n) is 8.01. The fraction of sp³-hybridized carbons (Fsp3) is 0.316. The largest absolute Gasteiger partial charge is 0.333 e. The van der Waals surface area contributed by atoms with Gasteiger partial charge in [0.25, 0.3) is 0 Å². The Morgan fingerprint density at radius 1 is 1.05 bits per heavy atom. The second-order valence-corrected chi connectivity index (χ2v) is 6.15. The maximum Gasteiger partial charge on any atom is 0.240 e. The van der Waals surface area contributed by atoms with E-state index in [1.165, 1.54) is 22.3 Å². The minimum atomic E-state index is 0.0227. The minimum Gasteiger partial charge on any atom is -0.333 e. The number of nitrogens with one attached hydrogen (secondary N) is 1. The minimum absolute atomic E-state index is 0.0227. The average Bonchev–Trinajstić information content (AvgIpc) is 3.24. The van der Waals surface area contributed by atoms with Gasteiger partial charge in [-0.3, -0.25) is 4.79 Å². The van der Waals surface area contributed by atoms with Crippen molar-refractivity contribution in [2.75, 3.05) is 6.54 Å². The van der Waals surface area contributed by atoms with Crippen molar-refractivity contribution in [3.63, 3.8) is 0 Å². The van der Waals surface area contributed by atoms with Crippen LogP contribution in [0.4, 0.5) is 0 Å². The lowest BCUT2D eigenvalue weighted by Gasteiger charge is -2.20. The van der Waals surface area contributed by atoms with Crippen LogP contribution >= 0.6 is 0 Å². The van der Waals surface area contributed by atoms with E-state index in [-0.39, 0.29) is 11.9 Å². The number of carbonyl (C=O) groups is 1. The molecule has 3 heteroatoms. The first-order chi connectivity index (χ1) is 10.8. The van der Waals surface area contributed by atoms with Crippen LogP contribution in [0.15, 0.2) is 48.5 Å². The number of hydrogen-bond donors (Lipinski definition) is 1. The molecule has 2 aromatic carbocycles. The van der Waals surface area contributed by atoms with Crippen molar-refractivity contribution in [3.05, 3.63) is 59.7 Å². The van der Waals surface area contributed by atoms with Gasteiger partial charge in [0.15, 0.2) is 0 Å². The van der Waals surface area contributed by atoms with Crippen molar-refractivity contribution in [2.45, 2.75) is 32.0 Å². The molecule has 22 heavy (non-hydrogen) atoms. The highest BCUT2D eigenvalue weighted by Crippen LogP contribution is 2.33. The molecule has 0 bridgehead atoms. The molecule has 1 N–H and O–H groups in total. The first-order valence-corrected chi connectivity index (χ1v) is 8.01. The van der Waals surface area contributed by atoms with Crippen LogP contribution in [-0.2, 0) is 17.9 Å². The van der Waals surface area contributed by atoms with Gasteiger partial charge in [0, 0.05) is 13.1 Å². The van der Waals surface area contributed by atoms with Gasteiger partial charge >= 0.3 is 0 Å². The predicted octanol–water partition coefficient (Wildman–Crippen LogP) is 2.95. The smallest absolute Gasteiger partial charge is 0.240 e. The Morgan fingerprint density at radius 2 is 1.91 bits per heavy atom. The topological polar surface area (TPSA) is 32.3 Å². The number of rotatable bonds is 2. The zero-order chi connectivity index (χ0) is 14.9. The molecule has 0 unspecified atom stereocenters. The summed E-state index contributed by atoms with van der Waals surface area (Å²) in [5.41, 5.74) is 5.08. The number of hydrogen-bond acceptors (Lipinski definition) is 2. The van der Waals surface area contributed by atoms with Gasteiger partial charge in [0.05, 0.1) is 6.04 Å². The highest BCUT2D eigenvalue weighted by atomic mass is 16.2. The third-order valence-corrected chi connectivity index (χ3v) is 4.74. The molecule has 1 fully saturated rings. The van der Waals surface area contributed by atoms with E-state index in [1.807, 2.05) is 11.0 Å². The normalized spacial score (nSPS) is 20.2. The molecule has 0 aliphatic carbocycles. The summed E-state index contributed by atoms with van der Waals surface area (Å²) in [6.07, 6.45) is 2.07. The van der Waals surface area contributed by atoms with Crippen molar-refractivity contribution >= 4 is 5.91 Å². The maximum absolute atomic E-state index is 12.6. The molecule has 0 aromatic heterocycles. The van der Waals surface area contributed by atoms with Crippen LogP contribution in [0.1, 0.15) is 24.0 Å². The van der Waals surface area contributed by atoms with E-state index in [1.54, 1.807) is 0 Å². The van der Waals surface area contributed by atoms with Gasteiger partial charge in [0.2, 0.25) is 5.91 Å². The number of amides is 1. The molecule has 0 spiro atoms. The number of carbonyl (C=O) groups excluding carboxylic acids is 1. The predicted molar refractivity (Wildman–Crippen MR) is 87.2 cm³/mol. The molecule has 2 aliphatic rings. The highest BCUT2D eigenvalue weighted by Gasteiger charge is 2.31. The molecule has 3 nitrogen and oxygen atoms in total. The van der Waals surface area contributed by atoms with Crippen LogP contribution in [0.5, 0.6) is 0 Å². The molecule has 2 heterocycles. The zero-order valence-electron chi connectivity index (χ0n) is 12.6. The monoisotopic (exact) mass is 292 g/mol. The van der Waals surface area contributed by atoms with Crippen molar-refractivity contribution in [2.24, 2.45) is 0 Å². The van der Waals surface area contributed by atoms with Gasteiger partial charge in [-0.05, 0) is 41.6 Å². The summed E-state index contributed by atoms with van der Waals surface area (Å²) in [5.74, 6) is 0.257. The lowest BCUT2D eigenvalue weighted by molar-refractivity contribution is -0.133. The van der Waals surface area contributed by atoms with Crippen LogP contribution in [0.25, 0.3) is 11.1 Å². The molecule has 0 radical (unpaired) electrons. The third-order valence-electron chi connectivity index (χ3n) is 4.74. The van der Waals surface area contributed by atoms with Gasteiger partial charge in [0.1, 0.15) is 0 Å². The Bertz CT molecular complexity index is 690. The Kier molecular flexibility index (Phi) is 3.43. The van der Waals surface area contributed by atoms with E-state index in [2.05, 4.69) is 47.8 Å². The molecular formula is C19H20N2O. The molecular weight excluding hydrogens is 272 g/mol. The van der Waals surface area contributed by atoms with E-state index in [0.717, 1.165) is 32.5 Å². The second-order valence-electron chi connectivity index (χ2n) is 6.15. The fourth-order valence-electron chi connectivity index (χ4n) is 3.58. The van der Waals surface area contributed by atoms with Gasteiger partial charge in [-0.1, -0.05) is 48.5 Å². The second kappa shape index (κ2) is 5.58. The van der Waals surface area contributed by atoms with Crippen LogP contribution in [0.3, 0.4) is 0 Å². The van der Waals surface area contributed by atoms with Crippen molar-refractivity contribution in [1.29, 1.82) is 0 Å². The van der Waals surface area contributed by atoms with Crippen LogP contribution in [-0.4, -0.2) is 23.4 Å². The summed E-state index contributed by atoms with van der Waals surface area (Å²) < 4.78 is 0.